The first-order valence-electron chi connectivity index (χ1n) is 4.50. The van der Waals surface area contributed by atoms with Crippen molar-refractivity contribution in [2.75, 3.05) is 12.3 Å². The van der Waals surface area contributed by atoms with Crippen molar-refractivity contribution in [1.82, 2.24) is 0 Å². The smallest absolute Gasteiger partial charge is 0.141 e. The average molecular weight is 306 g/mol. The minimum absolute atomic E-state index is 0.159. The summed E-state index contributed by atoms with van der Waals surface area (Å²) < 4.78 is 15.2. The molecule has 1 heterocycles. The summed E-state index contributed by atoms with van der Waals surface area (Å²) in [6.07, 6.45) is 0. The quantitative estimate of drug-likeness (QED) is 0.821. The minimum atomic E-state index is -0.159. The van der Waals surface area contributed by atoms with Gasteiger partial charge in [0, 0.05) is 11.5 Å². The summed E-state index contributed by atoms with van der Waals surface area (Å²) in [5.74, 6) is 1.55. The molecule has 0 amide bonds. The average Bonchev–Trinajstić information content (AvgIpc) is 2.73. The van der Waals surface area contributed by atoms with Gasteiger partial charge in [-0.15, -0.1) is 0 Å². The highest BCUT2D eigenvalue weighted by atomic mass is 79.9. The Bertz CT molecular complexity index is 395. The monoisotopic (exact) mass is 305 g/mol. The van der Waals surface area contributed by atoms with Crippen molar-refractivity contribution in [3.63, 3.8) is 0 Å². The Morgan fingerprint density at radius 3 is 3.13 bits per heavy atom. The van der Waals surface area contributed by atoms with E-state index in [-0.39, 0.29) is 5.82 Å². The standard InChI is InChI=1S/C10H9BrFNS2/c11-8-3-1-2-7(9(8)12)6-15-10-13-4-5-14-10/h1-3H,4-6H2. The molecule has 0 atom stereocenters. The second kappa shape index (κ2) is 5.37. The Kier molecular flexibility index (Phi) is 4.11. The number of halogens is 2. The van der Waals surface area contributed by atoms with Crippen LogP contribution < -0.4 is 0 Å². The van der Waals surface area contributed by atoms with Gasteiger partial charge in [-0.3, -0.25) is 4.99 Å². The van der Waals surface area contributed by atoms with Gasteiger partial charge in [-0.25, -0.2) is 4.39 Å². The van der Waals surface area contributed by atoms with Crippen LogP contribution in [0.15, 0.2) is 27.7 Å². The third kappa shape index (κ3) is 2.98. The summed E-state index contributed by atoms with van der Waals surface area (Å²) in [7, 11) is 0. The van der Waals surface area contributed by atoms with Gasteiger partial charge in [0.05, 0.1) is 11.0 Å². The molecule has 1 nitrogen and oxygen atoms in total. The maximum absolute atomic E-state index is 13.6. The fraction of sp³-hybridized carbons (Fsp3) is 0.300. The highest BCUT2D eigenvalue weighted by Gasteiger charge is 2.10. The molecule has 0 spiro atoms. The Hall–Kier alpha value is -0.000000000000000111. The molecular weight excluding hydrogens is 297 g/mol. The second-order valence-corrected chi connectivity index (χ2v) is 6.16. The van der Waals surface area contributed by atoms with Crippen molar-refractivity contribution in [1.29, 1.82) is 0 Å². The first kappa shape index (κ1) is 11.5. The Balaban J connectivity index is 2.01. The maximum atomic E-state index is 13.6. The SMILES string of the molecule is Fc1c(Br)cccc1CSC1=NCCS1. The normalized spacial score (nSPS) is 15.5. The molecule has 0 aliphatic carbocycles. The summed E-state index contributed by atoms with van der Waals surface area (Å²) >= 11 is 6.54. The molecule has 1 aliphatic rings. The summed E-state index contributed by atoms with van der Waals surface area (Å²) in [5.41, 5.74) is 0.726. The lowest BCUT2D eigenvalue weighted by Gasteiger charge is -2.03. The zero-order chi connectivity index (χ0) is 10.7. The van der Waals surface area contributed by atoms with Crippen molar-refractivity contribution in [3.05, 3.63) is 34.1 Å². The van der Waals surface area contributed by atoms with Crippen LogP contribution in [0, 0.1) is 5.82 Å². The molecule has 1 aromatic rings. The van der Waals surface area contributed by atoms with E-state index in [1.807, 2.05) is 12.1 Å². The van der Waals surface area contributed by atoms with Gasteiger partial charge in [-0.05, 0) is 27.6 Å². The molecule has 0 saturated heterocycles. The second-order valence-electron chi connectivity index (χ2n) is 3.00. The van der Waals surface area contributed by atoms with E-state index in [9.17, 15) is 4.39 Å². The van der Waals surface area contributed by atoms with Gasteiger partial charge in [0.1, 0.15) is 10.2 Å². The van der Waals surface area contributed by atoms with Crippen molar-refractivity contribution in [3.8, 4) is 0 Å². The van der Waals surface area contributed by atoms with E-state index in [4.69, 9.17) is 0 Å². The predicted molar refractivity (Wildman–Crippen MR) is 70.2 cm³/mol. The summed E-state index contributed by atoms with van der Waals surface area (Å²) in [6, 6.07) is 5.38. The lowest BCUT2D eigenvalue weighted by atomic mass is 10.2. The molecule has 0 bridgehead atoms. The molecule has 80 valence electrons. The van der Waals surface area contributed by atoms with E-state index in [1.54, 1.807) is 29.6 Å². The fourth-order valence-corrected chi connectivity index (χ4v) is 3.59. The zero-order valence-electron chi connectivity index (χ0n) is 7.87. The minimum Gasteiger partial charge on any atom is -0.271 e. The number of thioether (sulfide) groups is 2. The van der Waals surface area contributed by atoms with Crippen molar-refractivity contribution in [2.45, 2.75) is 5.75 Å². The Labute approximate surface area is 105 Å². The first-order chi connectivity index (χ1) is 7.27. The van der Waals surface area contributed by atoms with Gasteiger partial charge in [0.25, 0.3) is 0 Å². The first-order valence-corrected chi connectivity index (χ1v) is 7.27. The zero-order valence-corrected chi connectivity index (χ0v) is 11.1. The van der Waals surface area contributed by atoms with Crippen LogP contribution in [-0.4, -0.2) is 16.7 Å². The van der Waals surface area contributed by atoms with E-state index in [2.05, 4.69) is 20.9 Å². The van der Waals surface area contributed by atoms with Gasteiger partial charge >= 0.3 is 0 Å². The molecule has 5 heteroatoms. The van der Waals surface area contributed by atoms with E-state index in [0.29, 0.717) is 10.2 Å². The molecule has 1 aliphatic heterocycles. The van der Waals surface area contributed by atoms with Gasteiger partial charge < -0.3 is 0 Å². The summed E-state index contributed by atoms with van der Waals surface area (Å²) in [4.78, 5) is 4.31. The van der Waals surface area contributed by atoms with Gasteiger partial charge in [0.15, 0.2) is 0 Å². The van der Waals surface area contributed by atoms with E-state index < -0.39 is 0 Å². The number of rotatable bonds is 2. The topological polar surface area (TPSA) is 12.4 Å². The summed E-state index contributed by atoms with van der Waals surface area (Å²) in [6.45, 7) is 0.897. The van der Waals surface area contributed by atoms with Crippen LogP contribution in [0.4, 0.5) is 4.39 Å². The van der Waals surface area contributed by atoms with Crippen LogP contribution in [0.2, 0.25) is 0 Å². The van der Waals surface area contributed by atoms with Gasteiger partial charge in [0.2, 0.25) is 0 Å². The number of aliphatic imine (C=N–C) groups is 1. The number of nitrogens with zero attached hydrogens (tertiary/aromatic N) is 1. The molecule has 1 aromatic carbocycles. The fourth-order valence-electron chi connectivity index (χ4n) is 1.20. The van der Waals surface area contributed by atoms with E-state index >= 15 is 0 Å². The molecule has 2 rings (SSSR count). The van der Waals surface area contributed by atoms with Crippen LogP contribution in [0.3, 0.4) is 0 Å². The van der Waals surface area contributed by atoms with E-state index in [1.165, 1.54) is 0 Å². The molecule has 0 fully saturated rings. The van der Waals surface area contributed by atoms with Crippen LogP contribution in [0.5, 0.6) is 0 Å². The lowest BCUT2D eigenvalue weighted by molar-refractivity contribution is 0.610. The Morgan fingerprint density at radius 1 is 1.53 bits per heavy atom. The summed E-state index contributed by atoms with van der Waals surface area (Å²) in [5, 5.41) is 0. The molecule has 15 heavy (non-hydrogen) atoms. The highest BCUT2D eigenvalue weighted by Crippen LogP contribution is 2.27. The maximum Gasteiger partial charge on any atom is 0.141 e. The third-order valence-electron chi connectivity index (χ3n) is 1.94. The molecule has 0 unspecified atom stereocenters. The van der Waals surface area contributed by atoms with Crippen molar-refractivity contribution < 1.29 is 4.39 Å². The van der Waals surface area contributed by atoms with Crippen molar-refractivity contribution >= 4 is 43.8 Å². The van der Waals surface area contributed by atoms with Crippen LogP contribution in [0.25, 0.3) is 0 Å². The predicted octanol–water partition coefficient (Wildman–Crippen LogP) is 3.92. The third-order valence-corrected chi connectivity index (χ3v) is 4.85. The largest absolute Gasteiger partial charge is 0.271 e. The van der Waals surface area contributed by atoms with Crippen LogP contribution in [-0.2, 0) is 5.75 Å². The number of benzene rings is 1. The van der Waals surface area contributed by atoms with E-state index in [0.717, 1.165) is 22.2 Å². The van der Waals surface area contributed by atoms with Gasteiger partial charge in [-0.1, -0.05) is 35.7 Å². The lowest BCUT2D eigenvalue weighted by Crippen LogP contribution is -1.90. The molecule has 0 saturated carbocycles. The molecule has 0 radical (unpaired) electrons. The van der Waals surface area contributed by atoms with Crippen LogP contribution >= 0.6 is 39.5 Å². The Morgan fingerprint density at radius 2 is 2.40 bits per heavy atom. The van der Waals surface area contributed by atoms with Crippen molar-refractivity contribution in [2.24, 2.45) is 4.99 Å². The molecule has 0 N–H and O–H groups in total. The molecular formula is C10H9BrFNS2. The highest BCUT2D eigenvalue weighted by molar-refractivity contribution is 9.10. The molecule has 0 aromatic heterocycles. The number of hydrogen-bond donors (Lipinski definition) is 0. The van der Waals surface area contributed by atoms with Gasteiger partial charge in [-0.2, -0.15) is 0 Å². The van der Waals surface area contributed by atoms with Crippen LogP contribution in [0.1, 0.15) is 5.56 Å². The number of hydrogen-bond acceptors (Lipinski definition) is 3.